The van der Waals surface area contributed by atoms with Crippen LogP contribution in [0.4, 0.5) is 5.82 Å². The molecular formula is C14H15N5. The van der Waals surface area contributed by atoms with Crippen molar-refractivity contribution in [3.05, 3.63) is 47.4 Å². The third-order valence-corrected chi connectivity index (χ3v) is 3.22. The Morgan fingerprint density at radius 3 is 2.79 bits per heavy atom. The number of nitrogens with zero attached hydrogens (tertiary/aromatic N) is 3. The molecule has 0 aliphatic heterocycles. The van der Waals surface area contributed by atoms with Crippen molar-refractivity contribution < 1.29 is 0 Å². The van der Waals surface area contributed by atoms with E-state index in [9.17, 15) is 0 Å². The highest BCUT2D eigenvalue weighted by atomic mass is 15.2. The molecule has 0 bridgehead atoms. The number of rotatable bonds is 3. The summed E-state index contributed by atoms with van der Waals surface area (Å²) >= 11 is 0. The number of benzene rings is 1. The molecule has 2 aromatic heterocycles. The van der Waals surface area contributed by atoms with E-state index in [1.807, 2.05) is 19.1 Å². The largest absolute Gasteiger partial charge is 0.364 e. The zero-order chi connectivity index (χ0) is 13.2. The van der Waals surface area contributed by atoms with E-state index in [2.05, 4.69) is 44.5 Å². The van der Waals surface area contributed by atoms with Gasteiger partial charge < -0.3 is 5.32 Å². The zero-order valence-electron chi connectivity index (χ0n) is 10.9. The molecule has 2 N–H and O–H groups in total. The third-order valence-electron chi connectivity index (χ3n) is 3.22. The number of aromatic amines is 1. The highest BCUT2D eigenvalue weighted by Crippen LogP contribution is 2.19. The van der Waals surface area contributed by atoms with Crippen LogP contribution in [-0.4, -0.2) is 20.2 Å². The van der Waals surface area contributed by atoms with Gasteiger partial charge in [-0.2, -0.15) is 5.10 Å². The Bertz CT molecular complexity index is 717. The monoisotopic (exact) mass is 253 g/mol. The van der Waals surface area contributed by atoms with Crippen molar-refractivity contribution in [1.82, 2.24) is 20.2 Å². The van der Waals surface area contributed by atoms with E-state index < -0.39 is 0 Å². The predicted octanol–water partition coefficient (Wildman–Crippen LogP) is 2.58. The highest BCUT2D eigenvalue weighted by Gasteiger charge is 2.09. The van der Waals surface area contributed by atoms with E-state index in [0.29, 0.717) is 0 Å². The first-order valence-electron chi connectivity index (χ1n) is 6.20. The Kier molecular flexibility index (Phi) is 2.87. The van der Waals surface area contributed by atoms with E-state index in [0.717, 1.165) is 29.1 Å². The molecule has 0 aliphatic carbocycles. The normalized spacial score (nSPS) is 10.8. The summed E-state index contributed by atoms with van der Waals surface area (Å²) in [7, 11) is 0. The number of nitrogens with one attached hydrogen (secondary N) is 2. The van der Waals surface area contributed by atoms with Crippen molar-refractivity contribution in [3.8, 4) is 0 Å². The number of hydrogen-bond acceptors (Lipinski definition) is 4. The third kappa shape index (κ3) is 2.14. The molecule has 3 rings (SSSR count). The summed E-state index contributed by atoms with van der Waals surface area (Å²) in [4.78, 5) is 8.49. The number of hydrogen-bond donors (Lipinski definition) is 2. The van der Waals surface area contributed by atoms with Gasteiger partial charge in [0.05, 0.1) is 5.69 Å². The van der Waals surface area contributed by atoms with Gasteiger partial charge in [0, 0.05) is 6.54 Å². The molecule has 0 radical (unpaired) electrons. The highest BCUT2D eigenvalue weighted by molar-refractivity contribution is 5.86. The van der Waals surface area contributed by atoms with Crippen molar-refractivity contribution in [2.45, 2.75) is 20.4 Å². The summed E-state index contributed by atoms with van der Waals surface area (Å²) in [5, 5.41) is 10.5. The number of fused-ring (bicyclic) bond motifs is 1. The van der Waals surface area contributed by atoms with Gasteiger partial charge in [-0.15, -0.1) is 0 Å². The second kappa shape index (κ2) is 4.68. The van der Waals surface area contributed by atoms with Gasteiger partial charge in [0.15, 0.2) is 11.3 Å². The lowest BCUT2D eigenvalue weighted by molar-refractivity contribution is 1.05. The summed E-state index contributed by atoms with van der Waals surface area (Å²) in [6.07, 6.45) is 1.56. The van der Waals surface area contributed by atoms with Gasteiger partial charge in [0.25, 0.3) is 0 Å². The van der Waals surface area contributed by atoms with E-state index in [1.165, 1.54) is 11.1 Å². The molecule has 5 nitrogen and oxygen atoms in total. The molecular weight excluding hydrogens is 238 g/mol. The van der Waals surface area contributed by atoms with Crippen LogP contribution in [0.25, 0.3) is 11.0 Å². The minimum Gasteiger partial charge on any atom is -0.364 e. The minimum absolute atomic E-state index is 0.727. The maximum absolute atomic E-state index is 4.26. The number of aromatic nitrogens is 4. The Morgan fingerprint density at radius 1 is 1.11 bits per heavy atom. The maximum atomic E-state index is 4.26. The Balaban J connectivity index is 1.88. The van der Waals surface area contributed by atoms with Crippen LogP contribution < -0.4 is 5.32 Å². The van der Waals surface area contributed by atoms with Crippen molar-refractivity contribution in [2.24, 2.45) is 0 Å². The van der Waals surface area contributed by atoms with Crippen molar-refractivity contribution >= 4 is 16.9 Å². The fraction of sp³-hybridized carbons (Fsp3) is 0.214. The topological polar surface area (TPSA) is 66.5 Å². The molecule has 5 heteroatoms. The summed E-state index contributed by atoms with van der Waals surface area (Å²) in [5.41, 5.74) is 5.12. The molecule has 0 spiro atoms. The maximum Gasteiger partial charge on any atom is 0.158 e. The van der Waals surface area contributed by atoms with Gasteiger partial charge in [0.1, 0.15) is 11.8 Å². The van der Waals surface area contributed by atoms with E-state index in [4.69, 9.17) is 0 Å². The lowest BCUT2D eigenvalue weighted by Gasteiger charge is -2.08. The second-order valence-electron chi connectivity index (χ2n) is 4.55. The fourth-order valence-corrected chi connectivity index (χ4v) is 2.07. The standard InChI is InChI=1S/C14H15N5/c1-9-5-3-4-6-11(9)7-15-14-13-12(16-8-17-14)10(2)18-19-13/h3-6,8H,7H2,1-2H3,(H,18,19)(H,15,16,17). The van der Waals surface area contributed by atoms with Crippen molar-refractivity contribution in [2.75, 3.05) is 5.32 Å². The second-order valence-corrected chi connectivity index (χ2v) is 4.55. The summed E-state index contributed by atoms with van der Waals surface area (Å²) in [6, 6.07) is 8.29. The Labute approximate surface area is 111 Å². The molecule has 0 amide bonds. The van der Waals surface area contributed by atoms with Gasteiger partial charge in [-0.25, -0.2) is 9.97 Å². The van der Waals surface area contributed by atoms with E-state index >= 15 is 0 Å². The van der Waals surface area contributed by atoms with Crippen LogP contribution in [0.1, 0.15) is 16.8 Å². The molecule has 0 saturated heterocycles. The fourth-order valence-electron chi connectivity index (χ4n) is 2.07. The van der Waals surface area contributed by atoms with Crippen molar-refractivity contribution in [3.63, 3.8) is 0 Å². The molecule has 0 fully saturated rings. The molecule has 0 atom stereocenters. The Hall–Kier alpha value is -2.43. The summed E-state index contributed by atoms with van der Waals surface area (Å²) < 4.78 is 0. The van der Waals surface area contributed by atoms with Gasteiger partial charge >= 0.3 is 0 Å². The van der Waals surface area contributed by atoms with Crippen LogP contribution in [0, 0.1) is 13.8 Å². The molecule has 19 heavy (non-hydrogen) atoms. The molecule has 0 saturated carbocycles. The van der Waals surface area contributed by atoms with E-state index in [-0.39, 0.29) is 0 Å². The van der Waals surface area contributed by atoms with Crippen LogP contribution in [0.5, 0.6) is 0 Å². The number of anilines is 1. The van der Waals surface area contributed by atoms with Crippen LogP contribution in [0.2, 0.25) is 0 Å². The summed E-state index contributed by atoms with van der Waals surface area (Å²) in [5.74, 6) is 0.762. The lowest BCUT2D eigenvalue weighted by atomic mass is 10.1. The van der Waals surface area contributed by atoms with Crippen LogP contribution in [0.15, 0.2) is 30.6 Å². The Morgan fingerprint density at radius 2 is 1.95 bits per heavy atom. The average Bonchev–Trinajstić information content (AvgIpc) is 2.81. The van der Waals surface area contributed by atoms with Gasteiger partial charge in [-0.1, -0.05) is 24.3 Å². The van der Waals surface area contributed by atoms with Crippen LogP contribution >= 0.6 is 0 Å². The predicted molar refractivity (Wildman–Crippen MR) is 74.9 cm³/mol. The SMILES string of the molecule is Cc1ccccc1CNc1ncnc2c(C)[nH]nc12. The quantitative estimate of drug-likeness (QED) is 0.753. The van der Waals surface area contributed by atoms with Gasteiger partial charge in [-0.05, 0) is 25.0 Å². The first-order valence-corrected chi connectivity index (χ1v) is 6.20. The number of aryl methyl sites for hydroxylation is 2. The first-order chi connectivity index (χ1) is 9.25. The zero-order valence-corrected chi connectivity index (χ0v) is 10.9. The molecule has 0 unspecified atom stereocenters. The number of H-pyrrole nitrogens is 1. The van der Waals surface area contributed by atoms with Gasteiger partial charge in [0.2, 0.25) is 0 Å². The lowest BCUT2D eigenvalue weighted by Crippen LogP contribution is -2.03. The molecule has 96 valence electrons. The first kappa shape index (κ1) is 11.6. The average molecular weight is 253 g/mol. The van der Waals surface area contributed by atoms with Crippen LogP contribution in [0.3, 0.4) is 0 Å². The molecule has 0 aliphatic rings. The minimum atomic E-state index is 0.727. The van der Waals surface area contributed by atoms with Gasteiger partial charge in [-0.3, -0.25) is 5.10 Å². The molecule has 3 aromatic rings. The van der Waals surface area contributed by atoms with Crippen LogP contribution in [-0.2, 0) is 6.54 Å². The molecule has 1 aromatic carbocycles. The molecule has 2 heterocycles. The summed E-state index contributed by atoms with van der Waals surface area (Å²) in [6.45, 7) is 4.78. The van der Waals surface area contributed by atoms with E-state index in [1.54, 1.807) is 6.33 Å². The van der Waals surface area contributed by atoms with Crippen molar-refractivity contribution in [1.29, 1.82) is 0 Å². The smallest absolute Gasteiger partial charge is 0.158 e.